The van der Waals surface area contributed by atoms with Crippen molar-refractivity contribution in [1.82, 2.24) is 25.2 Å². The van der Waals surface area contributed by atoms with Crippen molar-refractivity contribution in [3.05, 3.63) is 48.4 Å². The van der Waals surface area contributed by atoms with Gasteiger partial charge < -0.3 is 10.2 Å². The molecule has 1 aromatic carbocycles. The van der Waals surface area contributed by atoms with Gasteiger partial charge >= 0.3 is 0 Å². The lowest BCUT2D eigenvalue weighted by Gasteiger charge is -2.27. The maximum absolute atomic E-state index is 12.6. The van der Waals surface area contributed by atoms with E-state index in [0.717, 1.165) is 42.4 Å². The van der Waals surface area contributed by atoms with Crippen molar-refractivity contribution in [3.8, 4) is 11.1 Å². The molecule has 30 heavy (non-hydrogen) atoms. The molecule has 1 fully saturated rings. The highest BCUT2D eigenvalue weighted by molar-refractivity contribution is 5.95. The second kappa shape index (κ2) is 8.54. The molecule has 154 valence electrons. The Balaban J connectivity index is 1.57. The molecule has 0 unspecified atom stereocenters. The third-order valence-electron chi connectivity index (χ3n) is 5.47. The third-order valence-corrected chi connectivity index (χ3v) is 5.47. The highest BCUT2D eigenvalue weighted by Gasteiger charge is 2.24. The quantitative estimate of drug-likeness (QED) is 0.692. The SMILES string of the molecule is CNC(=O)c1cncc(-c2ccc3cnc(NC(=O)C4CCN(C)CC4)nc3c2)c1. The number of likely N-dealkylation sites (tertiary alicyclic amines) is 1. The molecule has 1 aliphatic heterocycles. The highest BCUT2D eigenvalue weighted by Crippen LogP contribution is 2.24. The highest BCUT2D eigenvalue weighted by atomic mass is 16.2. The van der Waals surface area contributed by atoms with Gasteiger partial charge in [0.25, 0.3) is 5.91 Å². The molecule has 3 aromatic rings. The Bertz CT molecular complexity index is 1090. The molecule has 4 rings (SSSR count). The van der Waals surface area contributed by atoms with Crippen LogP contribution in [0.2, 0.25) is 0 Å². The first-order valence-corrected chi connectivity index (χ1v) is 9.97. The predicted octanol–water partition coefficient (Wildman–Crippen LogP) is 2.33. The largest absolute Gasteiger partial charge is 0.355 e. The van der Waals surface area contributed by atoms with Gasteiger partial charge in [-0.1, -0.05) is 12.1 Å². The van der Waals surface area contributed by atoms with Gasteiger partial charge in [0.15, 0.2) is 0 Å². The number of anilines is 1. The van der Waals surface area contributed by atoms with Crippen molar-refractivity contribution in [3.63, 3.8) is 0 Å². The van der Waals surface area contributed by atoms with Crippen LogP contribution < -0.4 is 10.6 Å². The number of nitrogens with zero attached hydrogens (tertiary/aromatic N) is 4. The Morgan fingerprint density at radius 1 is 1.07 bits per heavy atom. The van der Waals surface area contributed by atoms with Crippen LogP contribution >= 0.6 is 0 Å². The Kier molecular flexibility index (Phi) is 5.67. The fraction of sp³-hybridized carbons (Fsp3) is 0.318. The standard InChI is InChI=1S/C22H24N6O2/c1-23-20(29)18-9-17(11-24-12-18)15-3-4-16-13-25-22(26-19(16)10-15)27-21(30)14-5-7-28(2)8-6-14/h3-4,9-14H,5-8H2,1-2H3,(H,23,29)(H,25,26,27,30). The molecular weight excluding hydrogens is 380 g/mol. The molecule has 0 aliphatic carbocycles. The summed E-state index contributed by atoms with van der Waals surface area (Å²) in [5.41, 5.74) is 2.90. The first kappa shape index (κ1) is 19.9. The fourth-order valence-corrected chi connectivity index (χ4v) is 3.61. The number of rotatable bonds is 4. The van der Waals surface area contributed by atoms with Gasteiger partial charge in [-0.3, -0.25) is 19.9 Å². The summed E-state index contributed by atoms with van der Waals surface area (Å²) in [5.74, 6) is 0.0821. The molecule has 8 heteroatoms. The molecule has 8 nitrogen and oxygen atoms in total. The minimum Gasteiger partial charge on any atom is -0.355 e. The van der Waals surface area contributed by atoms with Gasteiger partial charge in [-0.05, 0) is 50.7 Å². The van der Waals surface area contributed by atoms with E-state index in [2.05, 4.69) is 37.5 Å². The van der Waals surface area contributed by atoms with Crippen LogP contribution in [0.1, 0.15) is 23.2 Å². The monoisotopic (exact) mass is 404 g/mol. The minimum absolute atomic E-state index is 0.00893. The number of hydrogen-bond donors (Lipinski definition) is 2. The topological polar surface area (TPSA) is 100 Å². The van der Waals surface area contributed by atoms with Gasteiger partial charge in [0.2, 0.25) is 11.9 Å². The number of aromatic nitrogens is 3. The summed E-state index contributed by atoms with van der Waals surface area (Å²) < 4.78 is 0. The number of piperidine rings is 1. The van der Waals surface area contributed by atoms with E-state index in [0.29, 0.717) is 17.0 Å². The Morgan fingerprint density at radius 3 is 2.63 bits per heavy atom. The first-order valence-electron chi connectivity index (χ1n) is 9.97. The molecule has 1 saturated heterocycles. The van der Waals surface area contributed by atoms with Crippen molar-refractivity contribution in [2.24, 2.45) is 5.92 Å². The molecule has 0 saturated carbocycles. The van der Waals surface area contributed by atoms with E-state index in [4.69, 9.17) is 0 Å². The summed E-state index contributed by atoms with van der Waals surface area (Å²) in [7, 11) is 3.65. The van der Waals surface area contributed by atoms with Crippen LogP contribution in [0.25, 0.3) is 22.0 Å². The van der Waals surface area contributed by atoms with Crippen LogP contribution in [-0.2, 0) is 4.79 Å². The Labute approximate surface area is 174 Å². The average Bonchev–Trinajstić information content (AvgIpc) is 2.78. The summed E-state index contributed by atoms with van der Waals surface area (Å²) in [6, 6.07) is 7.55. The smallest absolute Gasteiger partial charge is 0.252 e. The van der Waals surface area contributed by atoms with E-state index < -0.39 is 0 Å². The maximum atomic E-state index is 12.6. The van der Waals surface area contributed by atoms with Crippen LogP contribution in [0.5, 0.6) is 0 Å². The number of carbonyl (C=O) groups is 2. The molecule has 0 radical (unpaired) electrons. The molecule has 3 heterocycles. The van der Waals surface area contributed by atoms with Crippen molar-refractivity contribution in [2.45, 2.75) is 12.8 Å². The second-order valence-electron chi connectivity index (χ2n) is 7.58. The molecule has 0 spiro atoms. The van der Waals surface area contributed by atoms with E-state index in [9.17, 15) is 9.59 Å². The van der Waals surface area contributed by atoms with E-state index >= 15 is 0 Å². The van der Waals surface area contributed by atoms with Crippen molar-refractivity contribution >= 4 is 28.7 Å². The van der Waals surface area contributed by atoms with Crippen molar-refractivity contribution in [2.75, 3.05) is 32.5 Å². The number of hydrogen-bond acceptors (Lipinski definition) is 6. The van der Waals surface area contributed by atoms with Crippen molar-refractivity contribution < 1.29 is 9.59 Å². The number of carbonyl (C=O) groups excluding carboxylic acids is 2. The third kappa shape index (κ3) is 4.28. The number of benzene rings is 1. The summed E-state index contributed by atoms with van der Waals surface area (Å²) >= 11 is 0. The predicted molar refractivity (Wildman–Crippen MR) is 115 cm³/mol. The van der Waals surface area contributed by atoms with Crippen LogP contribution in [0.3, 0.4) is 0 Å². The zero-order valence-electron chi connectivity index (χ0n) is 17.1. The Morgan fingerprint density at radius 2 is 1.87 bits per heavy atom. The average molecular weight is 404 g/mol. The zero-order chi connectivity index (χ0) is 21.1. The van der Waals surface area contributed by atoms with Gasteiger partial charge in [-0.2, -0.15) is 0 Å². The molecule has 2 amide bonds. The van der Waals surface area contributed by atoms with Crippen LogP contribution in [0, 0.1) is 5.92 Å². The lowest BCUT2D eigenvalue weighted by atomic mass is 9.96. The molecular formula is C22H24N6O2. The van der Waals surface area contributed by atoms with E-state index in [1.807, 2.05) is 18.2 Å². The molecule has 0 bridgehead atoms. The number of pyridine rings is 1. The number of fused-ring (bicyclic) bond motifs is 1. The van der Waals surface area contributed by atoms with Crippen LogP contribution in [-0.4, -0.2) is 58.9 Å². The van der Waals surface area contributed by atoms with Gasteiger partial charge in [-0.15, -0.1) is 0 Å². The summed E-state index contributed by atoms with van der Waals surface area (Å²) in [6.45, 7) is 1.84. The second-order valence-corrected chi connectivity index (χ2v) is 7.58. The fourth-order valence-electron chi connectivity index (χ4n) is 3.61. The van der Waals surface area contributed by atoms with Crippen molar-refractivity contribution in [1.29, 1.82) is 0 Å². The Hall–Kier alpha value is -3.39. The molecule has 1 aliphatic rings. The molecule has 2 N–H and O–H groups in total. The summed E-state index contributed by atoms with van der Waals surface area (Å²) in [4.78, 5) is 39.7. The van der Waals surface area contributed by atoms with E-state index in [1.165, 1.54) is 6.20 Å². The van der Waals surface area contributed by atoms with Gasteiger partial charge in [0, 0.05) is 42.5 Å². The van der Waals surface area contributed by atoms with Gasteiger partial charge in [-0.25, -0.2) is 9.97 Å². The summed E-state index contributed by atoms with van der Waals surface area (Å²) in [6.07, 6.45) is 6.62. The molecule has 0 atom stereocenters. The minimum atomic E-state index is -0.189. The number of nitrogens with one attached hydrogen (secondary N) is 2. The zero-order valence-corrected chi connectivity index (χ0v) is 17.1. The van der Waals surface area contributed by atoms with Crippen LogP contribution in [0.4, 0.5) is 5.95 Å². The van der Waals surface area contributed by atoms with Gasteiger partial charge in [0.1, 0.15) is 0 Å². The van der Waals surface area contributed by atoms with Crippen LogP contribution in [0.15, 0.2) is 42.9 Å². The lowest BCUT2D eigenvalue weighted by molar-refractivity contribution is -0.121. The lowest BCUT2D eigenvalue weighted by Crippen LogP contribution is -2.36. The maximum Gasteiger partial charge on any atom is 0.252 e. The number of amides is 2. The molecule has 2 aromatic heterocycles. The van der Waals surface area contributed by atoms with E-state index in [1.54, 1.807) is 25.5 Å². The van der Waals surface area contributed by atoms with Gasteiger partial charge in [0.05, 0.1) is 11.1 Å². The van der Waals surface area contributed by atoms with E-state index in [-0.39, 0.29) is 17.7 Å². The summed E-state index contributed by atoms with van der Waals surface area (Å²) in [5, 5.41) is 6.33. The first-order chi connectivity index (χ1) is 14.5. The normalized spacial score (nSPS) is 15.1.